The van der Waals surface area contributed by atoms with Crippen molar-refractivity contribution in [1.29, 1.82) is 0 Å². The zero-order chi connectivity index (χ0) is 13.1. The van der Waals surface area contributed by atoms with E-state index in [0.29, 0.717) is 0 Å². The van der Waals surface area contributed by atoms with E-state index >= 15 is 0 Å². The van der Waals surface area contributed by atoms with Gasteiger partial charge in [-0.1, -0.05) is 12.1 Å². The number of nitrogens with one attached hydrogen (secondary N) is 1. The van der Waals surface area contributed by atoms with Gasteiger partial charge in [0, 0.05) is 5.56 Å². The Balaban J connectivity index is 2.41. The van der Waals surface area contributed by atoms with Crippen molar-refractivity contribution in [3.8, 4) is 5.75 Å². The zero-order valence-electron chi connectivity index (χ0n) is 11.3. The van der Waals surface area contributed by atoms with Gasteiger partial charge in [-0.3, -0.25) is 0 Å². The van der Waals surface area contributed by atoms with Crippen LogP contribution in [0.4, 0.5) is 0 Å². The first kappa shape index (κ1) is 12.7. The van der Waals surface area contributed by atoms with Crippen LogP contribution in [-0.2, 0) is 0 Å². The van der Waals surface area contributed by atoms with E-state index in [1.165, 1.54) is 11.1 Å². The average Bonchev–Trinajstić information content (AvgIpc) is 2.70. The lowest BCUT2D eigenvalue weighted by Gasteiger charge is -2.16. The SMILES string of the molecule is CNC(c1cccc(OC)c1)c1cc(C)oc1C. The molecule has 0 aliphatic carbocycles. The molecule has 1 aromatic carbocycles. The fourth-order valence-electron chi connectivity index (χ4n) is 2.26. The fourth-order valence-corrected chi connectivity index (χ4v) is 2.26. The van der Waals surface area contributed by atoms with Gasteiger partial charge in [0.1, 0.15) is 17.3 Å². The van der Waals surface area contributed by atoms with Gasteiger partial charge in [0.05, 0.1) is 13.2 Å². The zero-order valence-corrected chi connectivity index (χ0v) is 11.3. The topological polar surface area (TPSA) is 34.4 Å². The standard InChI is InChI=1S/C15H19NO2/c1-10-8-14(11(2)18-10)15(16-3)12-6-5-7-13(9-12)17-4/h5-9,15-16H,1-4H3. The lowest BCUT2D eigenvalue weighted by Crippen LogP contribution is -2.17. The van der Waals surface area contributed by atoms with Crippen molar-refractivity contribution in [2.75, 3.05) is 14.2 Å². The van der Waals surface area contributed by atoms with Gasteiger partial charge in [0.15, 0.2) is 0 Å². The summed E-state index contributed by atoms with van der Waals surface area (Å²) in [7, 11) is 3.63. The van der Waals surface area contributed by atoms with Gasteiger partial charge < -0.3 is 14.5 Å². The highest BCUT2D eigenvalue weighted by atomic mass is 16.5. The molecule has 1 aromatic heterocycles. The number of benzene rings is 1. The smallest absolute Gasteiger partial charge is 0.119 e. The number of methoxy groups -OCH3 is 1. The largest absolute Gasteiger partial charge is 0.497 e. The Labute approximate surface area is 108 Å². The third-order valence-corrected chi connectivity index (χ3v) is 3.11. The summed E-state index contributed by atoms with van der Waals surface area (Å²) in [6, 6.07) is 10.3. The first-order valence-electron chi connectivity index (χ1n) is 6.04. The molecule has 1 atom stereocenters. The van der Waals surface area contributed by atoms with Crippen LogP contribution in [0.5, 0.6) is 5.75 Å². The number of aryl methyl sites for hydroxylation is 2. The van der Waals surface area contributed by atoms with Gasteiger partial charge in [-0.25, -0.2) is 0 Å². The van der Waals surface area contributed by atoms with Gasteiger partial charge in [0.2, 0.25) is 0 Å². The van der Waals surface area contributed by atoms with Gasteiger partial charge >= 0.3 is 0 Å². The number of rotatable bonds is 4. The highest BCUT2D eigenvalue weighted by Gasteiger charge is 2.17. The summed E-state index contributed by atoms with van der Waals surface area (Å²) in [5.41, 5.74) is 2.34. The summed E-state index contributed by atoms with van der Waals surface area (Å²) >= 11 is 0. The number of ether oxygens (including phenoxy) is 1. The molecule has 0 saturated carbocycles. The average molecular weight is 245 g/mol. The minimum Gasteiger partial charge on any atom is -0.497 e. The van der Waals surface area contributed by atoms with Crippen LogP contribution < -0.4 is 10.1 Å². The van der Waals surface area contributed by atoms with Gasteiger partial charge in [-0.15, -0.1) is 0 Å². The molecule has 3 heteroatoms. The summed E-state index contributed by atoms with van der Waals surface area (Å²) in [6.07, 6.45) is 0. The van der Waals surface area contributed by atoms with E-state index in [1.54, 1.807) is 7.11 Å². The van der Waals surface area contributed by atoms with E-state index in [-0.39, 0.29) is 6.04 Å². The van der Waals surface area contributed by atoms with Crippen LogP contribution in [0.3, 0.4) is 0 Å². The Kier molecular flexibility index (Phi) is 3.72. The number of hydrogen-bond acceptors (Lipinski definition) is 3. The molecule has 2 rings (SSSR count). The van der Waals surface area contributed by atoms with Gasteiger partial charge in [-0.05, 0) is 44.7 Å². The van der Waals surface area contributed by atoms with E-state index in [4.69, 9.17) is 9.15 Å². The lowest BCUT2D eigenvalue weighted by atomic mass is 9.99. The van der Waals surface area contributed by atoms with Crippen molar-refractivity contribution in [3.63, 3.8) is 0 Å². The van der Waals surface area contributed by atoms with Gasteiger partial charge in [-0.2, -0.15) is 0 Å². The molecule has 1 N–H and O–H groups in total. The Morgan fingerprint density at radius 2 is 2.00 bits per heavy atom. The third kappa shape index (κ3) is 2.41. The molecular weight excluding hydrogens is 226 g/mol. The molecule has 2 aromatic rings. The molecule has 1 heterocycles. The van der Waals surface area contributed by atoms with E-state index in [0.717, 1.165) is 17.3 Å². The normalized spacial score (nSPS) is 12.4. The number of hydrogen-bond donors (Lipinski definition) is 1. The van der Waals surface area contributed by atoms with E-state index in [2.05, 4.69) is 17.4 Å². The van der Waals surface area contributed by atoms with Crippen LogP contribution >= 0.6 is 0 Å². The van der Waals surface area contributed by atoms with Crippen molar-refractivity contribution in [2.24, 2.45) is 0 Å². The van der Waals surface area contributed by atoms with E-state index in [1.807, 2.05) is 39.1 Å². The molecule has 1 unspecified atom stereocenters. The van der Waals surface area contributed by atoms with Crippen molar-refractivity contribution in [3.05, 3.63) is 53.0 Å². The molecule has 0 spiro atoms. The van der Waals surface area contributed by atoms with Gasteiger partial charge in [0.25, 0.3) is 0 Å². The minimum absolute atomic E-state index is 0.123. The molecule has 0 amide bonds. The Hall–Kier alpha value is -1.74. The fraction of sp³-hybridized carbons (Fsp3) is 0.333. The van der Waals surface area contributed by atoms with Crippen molar-refractivity contribution < 1.29 is 9.15 Å². The molecule has 0 saturated heterocycles. The van der Waals surface area contributed by atoms with Crippen LogP contribution in [-0.4, -0.2) is 14.2 Å². The van der Waals surface area contributed by atoms with Crippen molar-refractivity contribution >= 4 is 0 Å². The molecule has 0 aliphatic rings. The molecule has 3 nitrogen and oxygen atoms in total. The summed E-state index contributed by atoms with van der Waals surface area (Å²) in [5, 5.41) is 3.32. The second-order valence-corrected chi connectivity index (χ2v) is 4.37. The number of furan rings is 1. The van der Waals surface area contributed by atoms with Crippen LogP contribution in [0.25, 0.3) is 0 Å². The Morgan fingerprint density at radius 1 is 1.22 bits per heavy atom. The molecule has 0 bridgehead atoms. The predicted octanol–water partition coefficient (Wildman–Crippen LogP) is 3.21. The Bertz CT molecular complexity index is 531. The summed E-state index contributed by atoms with van der Waals surface area (Å²) in [6.45, 7) is 3.96. The highest BCUT2D eigenvalue weighted by Crippen LogP contribution is 2.28. The maximum atomic E-state index is 5.60. The molecular formula is C15H19NO2. The quantitative estimate of drug-likeness (QED) is 0.898. The van der Waals surface area contributed by atoms with Crippen molar-refractivity contribution in [2.45, 2.75) is 19.9 Å². The lowest BCUT2D eigenvalue weighted by molar-refractivity contribution is 0.413. The summed E-state index contributed by atoms with van der Waals surface area (Å²) in [4.78, 5) is 0. The molecule has 0 aliphatic heterocycles. The van der Waals surface area contributed by atoms with Crippen LogP contribution in [0.2, 0.25) is 0 Å². The van der Waals surface area contributed by atoms with E-state index < -0.39 is 0 Å². The predicted molar refractivity (Wildman–Crippen MR) is 72.1 cm³/mol. The molecule has 0 fully saturated rings. The van der Waals surface area contributed by atoms with Crippen molar-refractivity contribution in [1.82, 2.24) is 5.32 Å². The molecule has 96 valence electrons. The first-order valence-corrected chi connectivity index (χ1v) is 6.04. The van der Waals surface area contributed by atoms with Crippen LogP contribution in [0.15, 0.2) is 34.7 Å². The van der Waals surface area contributed by atoms with E-state index in [9.17, 15) is 0 Å². The first-order chi connectivity index (χ1) is 8.65. The summed E-state index contributed by atoms with van der Waals surface area (Å²) in [5.74, 6) is 2.76. The van der Waals surface area contributed by atoms with Crippen LogP contribution in [0, 0.1) is 13.8 Å². The maximum absolute atomic E-state index is 5.60. The molecule has 18 heavy (non-hydrogen) atoms. The molecule has 0 radical (unpaired) electrons. The van der Waals surface area contributed by atoms with Crippen LogP contribution in [0.1, 0.15) is 28.7 Å². The third-order valence-electron chi connectivity index (χ3n) is 3.11. The maximum Gasteiger partial charge on any atom is 0.119 e. The minimum atomic E-state index is 0.123. The second-order valence-electron chi connectivity index (χ2n) is 4.37. The summed E-state index contributed by atoms with van der Waals surface area (Å²) < 4.78 is 10.9. The second kappa shape index (κ2) is 5.27. The Morgan fingerprint density at radius 3 is 2.56 bits per heavy atom. The highest BCUT2D eigenvalue weighted by molar-refractivity contribution is 5.38. The monoisotopic (exact) mass is 245 g/mol.